The van der Waals surface area contributed by atoms with Gasteiger partial charge in [-0.3, -0.25) is 0 Å². The molecule has 90 valence electrons. The second-order valence-electron chi connectivity index (χ2n) is 5.35. The van der Waals surface area contributed by atoms with Gasteiger partial charge in [0.15, 0.2) is 0 Å². The van der Waals surface area contributed by atoms with Crippen molar-refractivity contribution in [2.45, 2.75) is 39.8 Å². The van der Waals surface area contributed by atoms with Crippen LogP contribution < -0.4 is 5.73 Å². The molecule has 0 aliphatic heterocycles. The summed E-state index contributed by atoms with van der Waals surface area (Å²) in [5.74, 6) is -0.249. The van der Waals surface area contributed by atoms with Gasteiger partial charge in [0.25, 0.3) is 0 Å². The van der Waals surface area contributed by atoms with Crippen molar-refractivity contribution in [1.82, 2.24) is 0 Å². The zero-order valence-corrected chi connectivity index (χ0v) is 10.3. The van der Waals surface area contributed by atoms with Crippen molar-refractivity contribution in [3.63, 3.8) is 0 Å². The van der Waals surface area contributed by atoms with E-state index >= 15 is 0 Å². The summed E-state index contributed by atoms with van der Waals surface area (Å²) in [6, 6.07) is 4.22. The summed E-state index contributed by atoms with van der Waals surface area (Å²) in [5.41, 5.74) is 7.00. The third-order valence-corrected chi connectivity index (χ3v) is 2.79. The quantitative estimate of drug-likeness (QED) is 0.812. The number of benzene rings is 1. The molecule has 0 bridgehead atoms. The smallest absolute Gasteiger partial charge is 0.126 e. The molecule has 0 radical (unpaired) electrons. The molecule has 0 saturated carbocycles. The van der Waals surface area contributed by atoms with Crippen LogP contribution in [0.15, 0.2) is 18.2 Å². The molecule has 2 nitrogen and oxygen atoms in total. The molecule has 1 rings (SSSR count). The Bertz CT molecular complexity index is 371. The second kappa shape index (κ2) is 4.52. The lowest BCUT2D eigenvalue weighted by molar-refractivity contribution is 0.0401. The van der Waals surface area contributed by atoms with Crippen molar-refractivity contribution < 1.29 is 9.50 Å². The van der Waals surface area contributed by atoms with E-state index in [9.17, 15) is 9.50 Å². The molecule has 3 N–H and O–H groups in total. The molecule has 0 heterocycles. The van der Waals surface area contributed by atoms with E-state index in [1.165, 1.54) is 6.07 Å². The molecule has 2 atom stereocenters. The van der Waals surface area contributed by atoms with Crippen molar-refractivity contribution in [3.8, 4) is 0 Å². The summed E-state index contributed by atoms with van der Waals surface area (Å²) in [4.78, 5) is 0. The molecule has 0 aliphatic carbocycles. The van der Waals surface area contributed by atoms with Gasteiger partial charge in [-0.05, 0) is 29.5 Å². The van der Waals surface area contributed by atoms with Crippen LogP contribution in [0.25, 0.3) is 0 Å². The lowest BCUT2D eigenvalue weighted by atomic mass is 9.82. The van der Waals surface area contributed by atoms with E-state index in [0.717, 1.165) is 5.56 Å². The summed E-state index contributed by atoms with van der Waals surface area (Å²) in [6.07, 6.45) is -0.655. The molecular weight excluding hydrogens is 205 g/mol. The van der Waals surface area contributed by atoms with E-state index in [1.807, 2.05) is 20.8 Å². The Balaban J connectivity index is 2.97. The monoisotopic (exact) mass is 225 g/mol. The Labute approximate surface area is 96.3 Å². The molecule has 0 saturated heterocycles. The first-order valence-corrected chi connectivity index (χ1v) is 5.43. The van der Waals surface area contributed by atoms with E-state index in [0.29, 0.717) is 5.56 Å². The average Bonchev–Trinajstić information content (AvgIpc) is 2.18. The van der Waals surface area contributed by atoms with Crippen LogP contribution in [-0.2, 0) is 0 Å². The van der Waals surface area contributed by atoms with Crippen LogP contribution in [0.4, 0.5) is 4.39 Å². The number of aryl methyl sites for hydroxylation is 1. The summed E-state index contributed by atoms with van der Waals surface area (Å²) in [7, 11) is 0. The first kappa shape index (κ1) is 13.1. The predicted molar refractivity (Wildman–Crippen MR) is 63.5 cm³/mol. The molecule has 3 heteroatoms. The van der Waals surface area contributed by atoms with Crippen molar-refractivity contribution in [2.24, 2.45) is 11.1 Å². The minimum atomic E-state index is -0.655. The molecule has 0 unspecified atom stereocenters. The van der Waals surface area contributed by atoms with Gasteiger partial charge in [-0.15, -0.1) is 0 Å². The third-order valence-electron chi connectivity index (χ3n) is 2.79. The van der Waals surface area contributed by atoms with Crippen molar-refractivity contribution in [2.75, 3.05) is 0 Å². The summed E-state index contributed by atoms with van der Waals surface area (Å²) >= 11 is 0. The van der Waals surface area contributed by atoms with Gasteiger partial charge in [0.05, 0.1) is 12.1 Å². The van der Waals surface area contributed by atoms with Crippen LogP contribution in [-0.4, -0.2) is 11.2 Å². The van der Waals surface area contributed by atoms with Crippen LogP contribution in [0.1, 0.15) is 37.9 Å². The lowest BCUT2D eigenvalue weighted by Crippen LogP contribution is -2.37. The van der Waals surface area contributed by atoms with E-state index in [-0.39, 0.29) is 11.2 Å². The zero-order valence-electron chi connectivity index (χ0n) is 10.3. The van der Waals surface area contributed by atoms with Gasteiger partial charge in [0.1, 0.15) is 5.82 Å². The largest absolute Gasteiger partial charge is 0.391 e. The first-order valence-electron chi connectivity index (χ1n) is 5.43. The number of rotatable bonds is 2. The maximum atomic E-state index is 13.1. The van der Waals surface area contributed by atoms with Gasteiger partial charge in [0.2, 0.25) is 0 Å². The highest BCUT2D eigenvalue weighted by molar-refractivity contribution is 5.27. The fourth-order valence-electron chi connectivity index (χ4n) is 1.60. The van der Waals surface area contributed by atoms with E-state index in [4.69, 9.17) is 5.73 Å². The molecule has 0 amide bonds. The molecule has 0 fully saturated rings. The van der Waals surface area contributed by atoms with Crippen molar-refractivity contribution >= 4 is 0 Å². The highest BCUT2D eigenvalue weighted by Crippen LogP contribution is 2.29. The van der Waals surface area contributed by atoms with Crippen molar-refractivity contribution in [1.29, 1.82) is 0 Å². The minimum Gasteiger partial charge on any atom is -0.391 e. The second-order valence-corrected chi connectivity index (χ2v) is 5.35. The molecular formula is C13H20FNO. The Morgan fingerprint density at radius 1 is 1.31 bits per heavy atom. The lowest BCUT2D eigenvalue weighted by Gasteiger charge is -2.31. The maximum absolute atomic E-state index is 13.1. The van der Waals surface area contributed by atoms with E-state index < -0.39 is 12.1 Å². The number of aliphatic hydroxyl groups is 1. The number of halogens is 1. The molecule has 1 aromatic carbocycles. The topological polar surface area (TPSA) is 46.2 Å². The fourth-order valence-corrected chi connectivity index (χ4v) is 1.60. The standard InChI is InChI=1S/C13H20FNO/c1-8-7-9(5-6-10(8)14)11(15)12(16)13(2,3)4/h5-7,11-12,16H,15H2,1-4H3/t11-,12-/m1/s1. The maximum Gasteiger partial charge on any atom is 0.126 e. The summed E-state index contributed by atoms with van der Waals surface area (Å²) in [6.45, 7) is 7.46. The normalized spacial score (nSPS) is 15.9. The van der Waals surface area contributed by atoms with E-state index in [1.54, 1.807) is 19.1 Å². The summed E-state index contributed by atoms with van der Waals surface area (Å²) < 4.78 is 13.1. The molecule has 16 heavy (non-hydrogen) atoms. The SMILES string of the molecule is Cc1cc([C@@H](N)[C@@H](O)C(C)(C)C)ccc1F. The highest BCUT2D eigenvalue weighted by Gasteiger charge is 2.29. The van der Waals surface area contributed by atoms with Crippen LogP contribution in [0.2, 0.25) is 0 Å². The molecule has 0 spiro atoms. The van der Waals surface area contributed by atoms with Crippen LogP contribution >= 0.6 is 0 Å². The first-order chi connectivity index (χ1) is 7.23. The number of hydrogen-bond donors (Lipinski definition) is 2. The van der Waals surface area contributed by atoms with Gasteiger partial charge in [-0.2, -0.15) is 0 Å². The van der Waals surface area contributed by atoms with Gasteiger partial charge < -0.3 is 10.8 Å². The number of aliphatic hydroxyl groups excluding tert-OH is 1. The van der Waals surface area contributed by atoms with Crippen LogP contribution in [0, 0.1) is 18.2 Å². The Morgan fingerprint density at radius 3 is 2.31 bits per heavy atom. The average molecular weight is 225 g/mol. The van der Waals surface area contributed by atoms with Crippen LogP contribution in [0.3, 0.4) is 0 Å². The molecule has 0 aliphatic rings. The van der Waals surface area contributed by atoms with Gasteiger partial charge >= 0.3 is 0 Å². The Hall–Kier alpha value is -0.930. The van der Waals surface area contributed by atoms with Gasteiger partial charge in [-0.1, -0.05) is 32.9 Å². The van der Waals surface area contributed by atoms with E-state index in [2.05, 4.69) is 0 Å². The Kier molecular flexibility index (Phi) is 3.71. The summed E-state index contributed by atoms with van der Waals surface area (Å²) in [5, 5.41) is 10.0. The predicted octanol–water partition coefficient (Wildman–Crippen LogP) is 2.54. The van der Waals surface area contributed by atoms with Gasteiger partial charge in [0, 0.05) is 0 Å². The highest BCUT2D eigenvalue weighted by atomic mass is 19.1. The third kappa shape index (κ3) is 2.80. The fraction of sp³-hybridized carbons (Fsp3) is 0.538. The number of hydrogen-bond acceptors (Lipinski definition) is 2. The minimum absolute atomic E-state index is 0.249. The van der Waals surface area contributed by atoms with Gasteiger partial charge in [-0.25, -0.2) is 4.39 Å². The van der Waals surface area contributed by atoms with Crippen LogP contribution in [0.5, 0.6) is 0 Å². The Morgan fingerprint density at radius 2 is 1.88 bits per heavy atom. The number of nitrogens with two attached hydrogens (primary N) is 1. The van der Waals surface area contributed by atoms with Crippen molar-refractivity contribution in [3.05, 3.63) is 35.1 Å². The zero-order chi connectivity index (χ0) is 12.5. The molecule has 0 aromatic heterocycles. The molecule has 1 aromatic rings.